The first-order valence-corrected chi connectivity index (χ1v) is 10.00. The van der Waals surface area contributed by atoms with Gasteiger partial charge < -0.3 is 10.0 Å². The maximum Gasteiger partial charge on any atom is 0.243 e. The van der Waals surface area contributed by atoms with Crippen LogP contribution in [0.4, 0.5) is 0 Å². The molecule has 3 rings (SSSR count). The molecule has 1 fully saturated rings. The van der Waals surface area contributed by atoms with E-state index in [9.17, 15) is 13.5 Å². The molecule has 5 nitrogen and oxygen atoms in total. The SMILES string of the molecule is Cc1ccc(S(=O)(=O)N2CC[NH+](Cc3cccc(C)c3O)CC2)cc1. The number of nitrogens with zero attached hydrogens (tertiary/aromatic N) is 1. The smallest absolute Gasteiger partial charge is 0.243 e. The Morgan fingerprint density at radius 1 is 1.04 bits per heavy atom. The maximum atomic E-state index is 12.7. The second kappa shape index (κ2) is 7.15. The molecule has 2 aromatic rings. The molecule has 0 amide bonds. The van der Waals surface area contributed by atoms with Crippen LogP contribution >= 0.6 is 0 Å². The van der Waals surface area contributed by atoms with E-state index in [1.165, 1.54) is 4.90 Å². The van der Waals surface area contributed by atoms with Crippen molar-refractivity contribution in [3.8, 4) is 5.75 Å². The Morgan fingerprint density at radius 3 is 2.32 bits per heavy atom. The molecule has 2 N–H and O–H groups in total. The van der Waals surface area contributed by atoms with E-state index in [2.05, 4.69) is 0 Å². The normalized spacial score (nSPS) is 16.9. The molecule has 1 saturated heterocycles. The van der Waals surface area contributed by atoms with Crippen LogP contribution < -0.4 is 4.90 Å². The number of rotatable bonds is 4. The van der Waals surface area contributed by atoms with E-state index in [4.69, 9.17) is 0 Å². The summed E-state index contributed by atoms with van der Waals surface area (Å²) in [5, 5.41) is 10.2. The van der Waals surface area contributed by atoms with Crippen LogP contribution in [-0.4, -0.2) is 44.0 Å². The van der Waals surface area contributed by atoms with Crippen LogP contribution in [0.5, 0.6) is 5.75 Å². The second-order valence-electron chi connectivity index (χ2n) is 6.73. The van der Waals surface area contributed by atoms with E-state index < -0.39 is 10.0 Å². The van der Waals surface area contributed by atoms with Crippen LogP contribution in [-0.2, 0) is 16.6 Å². The lowest BCUT2D eigenvalue weighted by Crippen LogP contribution is -3.13. The third-order valence-electron chi connectivity index (χ3n) is 4.85. The fourth-order valence-corrected chi connectivity index (χ4v) is 4.65. The molecular weight excluding hydrogens is 336 g/mol. The monoisotopic (exact) mass is 361 g/mol. The Morgan fingerprint density at radius 2 is 1.68 bits per heavy atom. The van der Waals surface area contributed by atoms with Gasteiger partial charge in [0.15, 0.2) is 0 Å². The summed E-state index contributed by atoms with van der Waals surface area (Å²) in [5.41, 5.74) is 2.84. The van der Waals surface area contributed by atoms with Gasteiger partial charge in [-0.05, 0) is 37.6 Å². The number of nitrogens with one attached hydrogen (secondary N) is 1. The molecule has 0 aliphatic carbocycles. The Labute approximate surface area is 149 Å². The molecule has 1 aliphatic rings. The highest BCUT2D eigenvalue weighted by atomic mass is 32.2. The van der Waals surface area contributed by atoms with Crippen molar-refractivity contribution in [2.75, 3.05) is 26.2 Å². The average molecular weight is 361 g/mol. The van der Waals surface area contributed by atoms with Gasteiger partial charge in [-0.1, -0.05) is 29.8 Å². The van der Waals surface area contributed by atoms with Crippen molar-refractivity contribution in [2.45, 2.75) is 25.3 Å². The number of piperazine rings is 1. The first kappa shape index (κ1) is 17.9. The molecule has 0 radical (unpaired) electrons. The quantitative estimate of drug-likeness (QED) is 0.857. The van der Waals surface area contributed by atoms with Gasteiger partial charge >= 0.3 is 0 Å². The number of sulfonamides is 1. The predicted octanol–water partition coefficient (Wildman–Crippen LogP) is 1.10. The Kier molecular flexibility index (Phi) is 5.13. The van der Waals surface area contributed by atoms with Crippen LogP contribution in [0.15, 0.2) is 47.4 Å². The van der Waals surface area contributed by atoms with Crippen LogP contribution in [0.1, 0.15) is 16.7 Å². The van der Waals surface area contributed by atoms with Crippen LogP contribution in [0.3, 0.4) is 0 Å². The molecule has 0 bridgehead atoms. The minimum atomic E-state index is -3.42. The largest absolute Gasteiger partial charge is 0.507 e. The highest BCUT2D eigenvalue weighted by Gasteiger charge is 2.30. The number of hydrogen-bond donors (Lipinski definition) is 2. The zero-order chi connectivity index (χ0) is 18.0. The lowest BCUT2D eigenvalue weighted by atomic mass is 10.1. The lowest BCUT2D eigenvalue weighted by Gasteiger charge is -2.31. The van der Waals surface area contributed by atoms with Gasteiger partial charge in [0.05, 0.1) is 31.1 Å². The van der Waals surface area contributed by atoms with E-state index in [1.807, 2.05) is 44.2 Å². The van der Waals surface area contributed by atoms with E-state index >= 15 is 0 Å². The molecule has 0 aromatic heterocycles. The van der Waals surface area contributed by atoms with Gasteiger partial charge in [0.25, 0.3) is 0 Å². The van der Waals surface area contributed by atoms with Gasteiger partial charge in [-0.3, -0.25) is 0 Å². The summed E-state index contributed by atoms with van der Waals surface area (Å²) in [5.74, 6) is 0.352. The van der Waals surface area contributed by atoms with E-state index in [0.29, 0.717) is 30.3 Å². The molecule has 1 heterocycles. The highest BCUT2D eigenvalue weighted by Crippen LogP contribution is 2.21. The van der Waals surface area contributed by atoms with Crippen molar-refractivity contribution >= 4 is 10.0 Å². The lowest BCUT2D eigenvalue weighted by molar-refractivity contribution is -0.917. The first-order valence-electron chi connectivity index (χ1n) is 8.56. The Hall–Kier alpha value is -1.89. The number of quaternary nitrogens is 1. The summed E-state index contributed by atoms with van der Waals surface area (Å²) in [6, 6.07) is 12.8. The fraction of sp³-hybridized carbons (Fsp3) is 0.368. The number of hydrogen-bond acceptors (Lipinski definition) is 3. The summed E-state index contributed by atoms with van der Waals surface area (Å²) >= 11 is 0. The van der Waals surface area contributed by atoms with Gasteiger partial charge in [-0.15, -0.1) is 0 Å². The number of benzene rings is 2. The van der Waals surface area contributed by atoms with Gasteiger partial charge in [0.2, 0.25) is 10.0 Å². The third kappa shape index (κ3) is 3.86. The van der Waals surface area contributed by atoms with E-state index in [1.54, 1.807) is 16.4 Å². The van der Waals surface area contributed by atoms with Crippen LogP contribution in [0.2, 0.25) is 0 Å². The molecule has 0 atom stereocenters. The van der Waals surface area contributed by atoms with Crippen molar-refractivity contribution < 1.29 is 18.4 Å². The second-order valence-corrected chi connectivity index (χ2v) is 8.66. The molecule has 0 unspecified atom stereocenters. The number of aromatic hydroxyl groups is 1. The van der Waals surface area contributed by atoms with Crippen molar-refractivity contribution in [1.29, 1.82) is 0 Å². The molecular formula is C19H25N2O3S+. The van der Waals surface area contributed by atoms with Crippen LogP contribution in [0.25, 0.3) is 0 Å². The number of para-hydroxylation sites is 1. The fourth-order valence-electron chi connectivity index (χ4n) is 3.21. The Balaban J connectivity index is 1.65. The molecule has 25 heavy (non-hydrogen) atoms. The molecule has 1 aliphatic heterocycles. The number of aryl methyl sites for hydroxylation is 2. The molecule has 0 saturated carbocycles. The molecule has 6 heteroatoms. The van der Waals surface area contributed by atoms with Gasteiger partial charge in [-0.25, -0.2) is 8.42 Å². The number of phenols is 1. The van der Waals surface area contributed by atoms with Gasteiger partial charge in [-0.2, -0.15) is 4.31 Å². The van der Waals surface area contributed by atoms with Crippen LogP contribution in [0, 0.1) is 13.8 Å². The van der Waals surface area contributed by atoms with Gasteiger partial charge in [0.1, 0.15) is 12.3 Å². The predicted molar refractivity (Wildman–Crippen MR) is 97.2 cm³/mol. The number of phenolic OH excluding ortho intramolecular Hbond substituents is 1. The van der Waals surface area contributed by atoms with Gasteiger partial charge in [0, 0.05) is 5.56 Å². The third-order valence-corrected chi connectivity index (χ3v) is 6.76. The molecule has 0 spiro atoms. The summed E-state index contributed by atoms with van der Waals surface area (Å²) in [4.78, 5) is 1.65. The van der Waals surface area contributed by atoms with E-state index in [-0.39, 0.29) is 0 Å². The maximum absolute atomic E-state index is 12.7. The van der Waals surface area contributed by atoms with Crippen molar-refractivity contribution in [2.24, 2.45) is 0 Å². The minimum Gasteiger partial charge on any atom is -0.507 e. The van der Waals surface area contributed by atoms with Crippen molar-refractivity contribution in [3.05, 3.63) is 59.2 Å². The zero-order valence-corrected chi connectivity index (χ0v) is 15.5. The summed E-state index contributed by atoms with van der Waals surface area (Å²) in [7, 11) is -3.42. The molecule has 2 aromatic carbocycles. The topological polar surface area (TPSA) is 62.0 Å². The standard InChI is InChI=1S/C19H24N2O3S/c1-15-6-8-18(9-7-15)25(23,24)21-12-10-20(11-13-21)14-17-5-3-4-16(2)19(17)22/h3-9,22H,10-14H2,1-2H3/p+1. The zero-order valence-electron chi connectivity index (χ0n) is 14.7. The highest BCUT2D eigenvalue weighted by molar-refractivity contribution is 7.89. The summed E-state index contributed by atoms with van der Waals surface area (Å²) in [6.45, 7) is 7.01. The van der Waals surface area contributed by atoms with Crippen molar-refractivity contribution in [1.82, 2.24) is 4.31 Å². The van der Waals surface area contributed by atoms with E-state index in [0.717, 1.165) is 29.8 Å². The Bertz CT molecular complexity index is 839. The minimum absolute atomic E-state index is 0.352. The summed E-state index contributed by atoms with van der Waals surface area (Å²) < 4.78 is 27.0. The molecule has 134 valence electrons. The van der Waals surface area contributed by atoms with Crippen molar-refractivity contribution in [3.63, 3.8) is 0 Å². The summed E-state index contributed by atoms with van der Waals surface area (Å²) in [6.07, 6.45) is 0. The average Bonchev–Trinajstić information content (AvgIpc) is 2.60. The first-order chi connectivity index (χ1) is 11.9.